The van der Waals surface area contributed by atoms with Crippen molar-refractivity contribution in [1.29, 1.82) is 0 Å². The number of pyridine rings is 2. The maximum Gasteiger partial charge on any atom is 0.319 e. The summed E-state index contributed by atoms with van der Waals surface area (Å²) in [6, 6.07) is 10.7. The normalized spacial score (nSPS) is 25.6. The summed E-state index contributed by atoms with van der Waals surface area (Å²) in [6.07, 6.45) is 20.1. The molecule has 8 fully saturated rings. The molecule has 5 unspecified atom stereocenters. The SMILES string of the molecule is C#Cc1c(F)ccc2cc(O)cc(-c3ncc4c(N5CCCOCC5)nc(OCC56CC(F)CN5CC5(CC5)C6)nc4c3F)c12.C#Cc1c(F)ccc2cc(O)cc(-c3ncc4c(N5CCOCC(C)(O)C5)nc(OCC56CC(F)CN5CC5(CC5)C6)nc4c3F)c12. The second kappa shape index (κ2) is 22.5. The van der Waals surface area contributed by atoms with Crippen LogP contribution in [0.1, 0.15) is 75.8 Å². The van der Waals surface area contributed by atoms with Crippen LogP contribution in [0.5, 0.6) is 23.5 Å². The number of nitrogens with zero attached hydrogens (tertiary/aromatic N) is 10. The molecule has 92 heavy (non-hydrogen) atoms. The van der Waals surface area contributed by atoms with E-state index < -0.39 is 52.3 Å². The first kappa shape index (κ1) is 60.0. The summed E-state index contributed by atoms with van der Waals surface area (Å²) in [4.78, 5) is 35.6. The number of hydrogen-bond acceptors (Lipinski definition) is 17. The van der Waals surface area contributed by atoms with Gasteiger partial charge in [-0.15, -0.1) is 12.8 Å². The number of phenols is 2. The van der Waals surface area contributed by atoms with Gasteiger partial charge in [-0.3, -0.25) is 19.8 Å². The van der Waals surface area contributed by atoms with Crippen molar-refractivity contribution in [1.82, 2.24) is 39.7 Å². The highest BCUT2D eigenvalue weighted by Crippen LogP contribution is 2.62. The molecular formula is C69H66F6N10O7. The van der Waals surface area contributed by atoms with E-state index in [4.69, 9.17) is 41.8 Å². The van der Waals surface area contributed by atoms with Crippen molar-refractivity contribution in [2.45, 2.75) is 93.7 Å². The van der Waals surface area contributed by atoms with Gasteiger partial charge >= 0.3 is 12.0 Å². The van der Waals surface area contributed by atoms with E-state index in [1.165, 1.54) is 60.9 Å². The van der Waals surface area contributed by atoms with Gasteiger partial charge in [-0.2, -0.15) is 19.9 Å². The Morgan fingerprint density at radius 1 is 0.620 bits per heavy atom. The molecule has 476 valence electrons. The molecule has 2 spiro atoms. The Bertz CT molecular complexity index is 4420. The van der Waals surface area contributed by atoms with Crippen LogP contribution >= 0.6 is 0 Å². The smallest absolute Gasteiger partial charge is 0.319 e. The van der Waals surface area contributed by atoms with Crippen LogP contribution in [-0.4, -0.2) is 176 Å². The van der Waals surface area contributed by atoms with Crippen LogP contribution in [0.25, 0.3) is 65.9 Å². The Morgan fingerprint density at radius 3 is 1.59 bits per heavy atom. The van der Waals surface area contributed by atoms with Crippen LogP contribution < -0.4 is 19.3 Å². The number of ether oxygens (including phenoxy) is 4. The molecule has 8 aromatic rings. The molecule has 4 aromatic heterocycles. The maximum absolute atomic E-state index is 16.8. The summed E-state index contributed by atoms with van der Waals surface area (Å²) >= 11 is 0. The molecule has 2 saturated carbocycles. The van der Waals surface area contributed by atoms with Gasteiger partial charge in [0.15, 0.2) is 11.6 Å². The third-order valence-electron chi connectivity index (χ3n) is 20.2. The fraction of sp³-hybridized carbons (Fsp3) is 0.449. The number of anilines is 2. The third kappa shape index (κ3) is 10.6. The molecule has 23 heteroatoms. The van der Waals surface area contributed by atoms with Crippen LogP contribution in [0.2, 0.25) is 0 Å². The maximum atomic E-state index is 16.8. The van der Waals surface area contributed by atoms with Gasteiger partial charge in [0, 0.05) is 99.6 Å². The molecule has 3 N–H and O–H groups in total. The van der Waals surface area contributed by atoms with Crippen molar-refractivity contribution in [2.24, 2.45) is 10.8 Å². The second-order valence-electron chi connectivity index (χ2n) is 27.0. The number of hydrogen-bond donors (Lipinski definition) is 3. The highest BCUT2D eigenvalue weighted by Gasteiger charge is 2.63. The molecule has 10 heterocycles. The van der Waals surface area contributed by atoms with E-state index in [0.29, 0.717) is 93.2 Å². The molecule has 2 aliphatic carbocycles. The second-order valence-corrected chi connectivity index (χ2v) is 27.0. The van der Waals surface area contributed by atoms with Crippen molar-refractivity contribution >= 4 is 55.0 Å². The first-order chi connectivity index (χ1) is 44.3. The molecule has 5 atom stereocenters. The highest BCUT2D eigenvalue weighted by atomic mass is 19.2. The lowest BCUT2D eigenvalue weighted by molar-refractivity contribution is -0.0123. The van der Waals surface area contributed by atoms with E-state index in [-0.39, 0.29) is 122 Å². The van der Waals surface area contributed by atoms with Gasteiger partial charge < -0.3 is 44.1 Å². The molecule has 8 aliphatic rings. The number of aliphatic hydroxyl groups is 1. The van der Waals surface area contributed by atoms with Crippen molar-refractivity contribution in [3.8, 4) is 70.7 Å². The zero-order valence-electron chi connectivity index (χ0n) is 50.6. The quantitative estimate of drug-likeness (QED) is 0.0866. The number of alkyl halides is 2. The van der Waals surface area contributed by atoms with E-state index in [1.54, 1.807) is 11.8 Å². The van der Waals surface area contributed by atoms with Gasteiger partial charge in [-0.05, 0) is 110 Å². The zero-order chi connectivity index (χ0) is 63.6. The Morgan fingerprint density at radius 2 is 1.10 bits per heavy atom. The number of rotatable bonds is 10. The molecule has 6 aliphatic heterocycles. The average molecular weight is 1260 g/mol. The topological polar surface area (TPSA) is 188 Å². The zero-order valence-corrected chi connectivity index (χ0v) is 50.6. The van der Waals surface area contributed by atoms with Crippen LogP contribution in [0.3, 0.4) is 0 Å². The van der Waals surface area contributed by atoms with Crippen LogP contribution in [0, 0.1) is 58.8 Å². The van der Waals surface area contributed by atoms with Crippen LogP contribution in [0.15, 0.2) is 60.9 Å². The average Bonchev–Trinajstić information content (AvgIpc) is 1.51. The summed E-state index contributed by atoms with van der Waals surface area (Å²) in [6.45, 7) is 7.56. The van der Waals surface area contributed by atoms with E-state index in [0.717, 1.165) is 58.0 Å². The minimum absolute atomic E-state index is 0.0109. The fourth-order valence-corrected chi connectivity index (χ4v) is 15.7. The van der Waals surface area contributed by atoms with Gasteiger partial charge in [0.25, 0.3) is 0 Å². The van der Waals surface area contributed by atoms with Crippen molar-refractivity contribution < 1.29 is 60.6 Å². The molecule has 6 saturated heterocycles. The molecule has 4 aromatic carbocycles. The Hall–Kier alpha value is -8.32. The Balaban J connectivity index is 0.000000153. The van der Waals surface area contributed by atoms with Gasteiger partial charge in [-0.25, -0.2) is 26.3 Å². The number of benzene rings is 4. The first-order valence-corrected chi connectivity index (χ1v) is 31.3. The van der Waals surface area contributed by atoms with E-state index in [2.05, 4.69) is 41.6 Å². The monoisotopic (exact) mass is 1260 g/mol. The number of phenolic OH excluding ortho intramolecular Hbond substituents is 2. The summed E-state index contributed by atoms with van der Waals surface area (Å²) < 4.78 is 116. The predicted octanol–water partition coefficient (Wildman–Crippen LogP) is 10.1. The third-order valence-corrected chi connectivity index (χ3v) is 20.2. The van der Waals surface area contributed by atoms with E-state index >= 15 is 8.78 Å². The van der Waals surface area contributed by atoms with Gasteiger partial charge in [0.05, 0.1) is 59.3 Å². The first-order valence-electron chi connectivity index (χ1n) is 31.3. The number of terminal acetylenes is 2. The lowest BCUT2D eigenvalue weighted by Crippen LogP contribution is -2.44. The summed E-state index contributed by atoms with van der Waals surface area (Å²) in [5.41, 5.74) is -2.11. The van der Waals surface area contributed by atoms with Gasteiger partial charge in [-0.1, -0.05) is 24.0 Å². The van der Waals surface area contributed by atoms with Crippen molar-refractivity contribution in [3.63, 3.8) is 0 Å². The van der Waals surface area contributed by atoms with Gasteiger partial charge in [0.1, 0.15) is 88.3 Å². The molecule has 0 radical (unpaired) electrons. The number of aromatic hydroxyl groups is 2. The van der Waals surface area contributed by atoms with E-state index in [1.807, 2.05) is 4.90 Å². The summed E-state index contributed by atoms with van der Waals surface area (Å²) in [7, 11) is 0. The fourth-order valence-electron chi connectivity index (χ4n) is 15.7. The molecule has 0 amide bonds. The van der Waals surface area contributed by atoms with Crippen LogP contribution in [0.4, 0.5) is 38.0 Å². The van der Waals surface area contributed by atoms with Crippen LogP contribution in [-0.2, 0) is 9.47 Å². The Labute approximate surface area is 525 Å². The summed E-state index contributed by atoms with van der Waals surface area (Å²) in [5.74, 6) is 2.19. The molecule has 17 nitrogen and oxygen atoms in total. The molecule has 16 rings (SSSR count). The van der Waals surface area contributed by atoms with E-state index in [9.17, 15) is 32.9 Å². The molecular weight excluding hydrogens is 1190 g/mol. The van der Waals surface area contributed by atoms with Gasteiger partial charge in [0.2, 0.25) is 0 Å². The lowest BCUT2D eigenvalue weighted by atomic mass is 9.89. The standard InChI is InChI=1S/C35H34F3N5O4.C34H32F3N5O3/c1-3-23-26(37)5-4-20-10-22(44)11-24(27(20)23)29-28(38)30-25(13-39-29)31(42-8-9-46-18-33(2,45)16-42)41-32(40-30)47-19-35-12-21(36)14-43(35)17-34(15-35)6-7-34;1-2-23-26(36)5-4-20-12-22(43)13-24(27(20)23)29-28(37)30-25(15-38-29)31(41-8-3-10-44-11-9-41)40-32(39-30)45-19-34-14-21(35)16-42(34)18-33(17-34)6-7-33/h1,4-5,10-11,13,21,44-45H,6-9,12,14-19H2,2H3;1,4-5,12-13,15,21,43H,3,6-11,14,16-19H2. The molecule has 0 bridgehead atoms. The minimum Gasteiger partial charge on any atom is -0.508 e. The van der Waals surface area contributed by atoms with Crippen molar-refractivity contribution in [2.75, 3.05) is 102 Å². The number of fused-ring (bicyclic) bond motifs is 6. The Kier molecular flexibility index (Phi) is 14.6. The summed E-state index contributed by atoms with van der Waals surface area (Å²) in [5, 5.41) is 34.0. The largest absolute Gasteiger partial charge is 0.508 e. The highest BCUT2D eigenvalue weighted by molar-refractivity contribution is 6.04. The predicted molar refractivity (Wildman–Crippen MR) is 332 cm³/mol. The number of β-amino-alcohol motifs (C(OH)–C–C–N with tert-alkyl or cyclic N) is 1. The number of halogens is 6. The minimum atomic E-state index is -1.22. The van der Waals surface area contributed by atoms with Crippen molar-refractivity contribution in [3.05, 3.63) is 95.3 Å². The number of aromatic nitrogens is 6. The lowest BCUT2D eigenvalue weighted by Gasteiger charge is -2.31.